The molecule has 1 fully saturated rings. The van der Waals surface area contributed by atoms with Crippen LogP contribution in [0.2, 0.25) is 0 Å². The van der Waals surface area contributed by atoms with Crippen molar-refractivity contribution in [1.82, 2.24) is 0 Å². The molecule has 4 rings (SSSR count). The van der Waals surface area contributed by atoms with E-state index in [2.05, 4.69) is 44.2 Å². The van der Waals surface area contributed by atoms with Crippen molar-refractivity contribution in [3.05, 3.63) is 54.1 Å². The van der Waals surface area contributed by atoms with Gasteiger partial charge in [0.25, 0.3) is 0 Å². The highest BCUT2D eigenvalue weighted by atomic mass is 16.5. The van der Waals surface area contributed by atoms with E-state index in [1.807, 2.05) is 25.1 Å². The van der Waals surface area contributed by atoms with Crippen molar-refractivity contribution in [2.75, 3.05) is 6.61 Å². The van der Waals surface area contributed by atoms with Crippen LogP contribution < -0.4 is 4.74 Å². The lowest BCUT2D eigenvalue weighted by Crippen LogP contribution is -2.48. The Labute approximate surface area is 166 Å². The molecule has 2 aromatic carbocycles. The number of carbonyl (C=O) groups is 1. The number of esters is 1. The molecule has 0 spiro atoms. The summed E-state index contributed by atoms with van der Waals surface area (Å²) in [5, 5.41) is 0. The van der Waals surface area contributed by atoms with Gasteiger partial charge in [0.15, 0.2) is 0 Å². The Kier molecular flexibility index (Phi) is 5.15. The Morgan fingerprint density at radius 1 is 1.11 bits per heavy atom. The molecule has 3 atom stereocenters. The van der Waals surface area contributed by atoms with Crippen molar-refractivity contribution in [3.8, 4) is 16.9 Å². The summed E-state index contributed by atoms with van der Waals surface area (Å²) in [5.41, 5.74) is 2.96. The molecule has 148 valence electrons. The Morgan fingerprint density at radius 2 is 1.89 bits per heavy atom. The second-order valence-electron chi connectivity index (χ2n) is 8.17. The SMILES string of the molecule is CCOC(=O)C[C@H]1CC[C@H]2[C@H](O1)c1cccc(-c3ccccc3)c1OC2(C)C. The third kappa shape index (κ3) is 3.53. The number of fused-ring (bicyclic) bond motifs is 3. The molecule has 0 aliphatic carbocycles. The maximum atomic E-state index is 12.0. The molecule has 2 aliphatic heterocycles. The summed E-state index contributed by atoms with van der Waals surface area (Å²) in [6, 6.07) is 16.6. The van der Waals surface area contributed by atoms with Crippen LogP contribution in [0.3, 0.4) is 0 Å². The lowest BCUT2D eigenvalue weighted by Gasteiger charge is -2.49. The fourth-order valence-corrected chi connectivity index (χ4v) is 4.52. The van der Waals surface area contributed by atoms with E-state index in [9.17, 15) is 4.79 Å². The molecule has 0 saturated carbocycles. The minimum Gasteiger partial charge on any atom is -0.486 e. The van der Waals surface area contributed by atoms with Gasteiger partial charge in [-0.25, -0.2) is 0 Å². The van der Waals surface area contributed by atoms with Gasteiger partial charge in [0.1, 0.15) is 11.4 Å². The number of hydrogen-bond acceptors (Lipinski definition) is 4. The van der Waals surface area contributed by atoms with Gasteiger partial charge in [0, 0.05) is 17.0 Å². The number of hydrogen-bond donors (Lipinski definition) is 0. The van der Waals surface area contributed by atoms with Gasteiger partial charge in [-0.3, -0.25) is 4.79 Å². The minimum absolute atomic E-state index is 0.0735. The van der Waals surface area contributed by atoms with Crippen LogP contribution in [0.4, 0.5) is 0 Å². The van der Waals surface area contributed by atoms with E-state index < -0.39 is 0 Å². The summed E-state index contributed by atoms with van der Waals surface area (Å²) < 4.78 is 18.2. The summed E-state index contributed by atoms with van der Waals surface area (Å²) in [7, 11) is 0. The smallest absolute Gasteiger partial charge is 0.308 e. The van der Waals surface area contributed by atoms with E-state index in [4.69, 9.17) is 14.2 Å². The fourth-order valence-electron chi connectivity index (χ4n) is 4.52. The van der Waals surface area contributed by atoms with Gasteiger partial charge in [-0.2, -0.15) is 0 Å². The zero-order valence-electron chi connectivity index (χ0n) is 16.8. The molecule has 2 aromatic rings. The van der Waals surface area contributed by atoms with E-state index >= 15 is 0 Å². The van der Waals surface area contributed by atoms with Crippen LogP contribution in [0.1, 0.15) is 51.7 Å². The predicted octanol–water partition coefficient (Wildman–Crippen LogP) is 5.31. The average Bonchev–Trinajstić information content (AvgIpc) is 2.68. The van der Waals surface area contributed by atoms with Gasteiger partial charge >= 0.3 is 5.97 Å². The van der Waals surface area contributed by atoms with Crippen LogP contribution >= 0.6 is 0 Å². The number of para-hydroxylation sites is 1. The van der Waals surface area contributed by atoms with Crippen LogP contribution in [0, 0.1) is 5.92 Å². The monoisotopic (exact) mass is 380 g/mol. The summed E-state index contributed by atoms with van der Waals surface area (Å²) in [5.74, 6) is 0.969. The van der Waals surface area contributed by atoms with Gasteiger partial charge in [0.05, 0.1) is 25.2 Å². The van der Waals surface area contributed by atoms with Crippen molar-refractivity contribution >= 4 is 5.97 Å². The van der Waals surface area contributed by atoms with Crippen molar-refractivity contribution in [1.29, 1.82) is 0 Å². The molecule has 2 heterocycles. The van der Waals surface area contributed by atoms with Crippen molar-refractivity contribution < 1.29 is 19.0 Å². The first-order chi connectivity index (χ1) is 13.5. The first kappa shape index (κ1) is 19.0. The second kappa shape index (κ2) is 7.59. The molecular weight excluding hydrogens is 352 g/mol. The Balaban J connectivity index is 1.69. The highest BCUT2D eigenvalue weighted by Gasteiger charge is 2.48. The van der Waals surface area contributed by atoms with E-state index in [1.54, 1.807) is 0 Å². The maximum absolute atomic E-state index is 12.0. The molecule has 0 aromatic heterocycles. The molecular formula is C24H28O4. The highest BCUT2D eigenvalue weighted by molar-refractivity contribution is 5.73. The standard InChI is InChI=1S/C24H28O4/c1-4-26-21(25)15-17-13-14-20-23(27-17)19-12-8-11-18(16-9-6-5-7-10-16)22(19)28-24(20,2)3/h5-12,17,20,23H,4,13-15H2,1-3H3/t17-,20+,23-/m1/s1. The Bertz CT molecular complexity index is 843. The van der Waals surface area contributed by atoms with Gasteiger partial charge in [0.2, 0.25) is 0 Å². The quantitative estimate of drug-likeness (QED) is 0.674. The van der Waals surface area contributed by atoms with Crippen LogP contribution in [-0.2, 0) is 14.3 Å². The largest absolute Gasteiger partial charge is 0.486 e. The summed E-state index contributed by atoms with van der Waals surface area (Å²) in [4.78, 5) is 12.0. The van der Waals surface area contributed by atoms with Crippen molar-refractivity contribution in [3.63, 3.8) is 0 Å². The lowest BCUT2D eigenvalue weighted by molar-refractivity contribution is -0.165. The number of carbonyl (C=O) groups excluding carboxylic acids is 1. The first-order valence-corrected chi connectivity index (χ1v) is 10.2. The normalized spacial score (nSPS) is 25.2. The molecule has 1 saturated heterocycles. The number of rotatable bonds is 4. The lowest BCUT2D eigenvalue weighted by atomic mass is 9.74. The van der Waals surface area contributed by atoms with Gasteiger partial charge in [-0.1, -0.05) is 48.5 Å². The van der Waals surface area contributed by atoms with Gasteiger partial charge in [-0.05, 0) is 39.2 Å². The first-order valence-electron chi connectivity index (χ1n) is 10.2. The Morgan fingerprint density at radius 3 is 2.64 bits per heavy atom. The van der Waals surface area contributed by atoms with Gasteiger partial charge in [-0.15, -0.1) is 0 Å². The molecule has 0 N–H and O–H groups in total. The van der Waals surface area contributed by atoms with Crippen LogP contribution in [-0.4, -0.2) is 24.3 Å². The highest BCUT2D eigenvalue weighted by Crippen LogP contribution is 2.53. The van der Waals surface area contributed by atoms with Crippen molar-refractivity contribution in [2.24, 2.45) is 5.92 Å². The fraction of sp³-hybridized carbons (Fsp3) is 0.458. The summed E-state index contributed by atoms with van der Waals surface area (Å²) in [6.07, 6.45) is 1.95. The van der Waals surface area contributed by atoms with Crippen molar-refractivity contribution in [2.45, 2.75) is 57.8 Å². The third-order valence-corrected chi connectivity index (χ3v) is 5.90. The van der Waals surface area contributed by atoms with Crippen LogP contribution in [0.5, 0.6) is 5.75 Å². The van der Waals surface area contributed by atoms with E-state index in [1.165, 1.54) is 0 Å². The predicted molar refractivity (Wildman–Crippen MR) is 108 cm³/mol. The third-order valence-electron chi connectivity index (χ3n) is 5.90. The molecule has 28 heavy (non-hydrogen) atoms. The second-order valence-corrected chi connectivity index (χ2v) is 8.17. The molecule has 0 radical (unpaired) electrons. The number of benzene rings is 2. The van der Waals surface area contributed by atoms with E-state index in [0.717, 1.165) is 35.3 Å². The topological polar surface area (TPSA) is 44.8 Å². The summed E-state index contributed by atoms with van der Waals surface area (Å²) >= 11 is 0. The van der Waals surface area contributed by atoms with Crippen LogP contribution in [0.25, 0.3) is 11.1 Å². The van der Waals surface area contributed by atoms with E-state index in [0.29, 0.717) is 13.0 Å². The zero-order chi connectivity index (χ0) is 19.7. The molecule has 2 aliphatic rings. The molecule has 4 nitrogen and oxygen atoms in total. The Hall–Kier alpha value is -2.33. The average molecular weight is 380 g/mol. The molecule has 0 amide bonds. The van der Waals surface area contributed by atoms with E-state index in [-0.39, 0.29) is 29.7 Å². The minimum atomic E-state index is -0.336. The number of ether oxygens (including phenoxy) is 3. The maximum Gasteiger partial charge on any atom is 0.308 e. The molecule has 0 bridgehead atoms. The molecule has 4 heteroatoms. The zero-order valence-corrected chi connectivity index (χ0v) is 16.8. The summed E-state index contributed by atoms with van der Waals surface area (Å²) in [6.45, 7) is 6.52. The molecule has 0 unspecified atom stereocenters. The van der Waals surface area contributed by atoms with Crippen LogP contribution in [0.15, 0.2) is 48.5 Å². The van der Waals surface area contributed by atoms with Gasteiger partial charge < -0.3 is 14.2 Å².